The van der Waals surface area contributed by atoms with Crippen LogP contribution >= 0.6 is 23.5 Å². The van der Waals surface area contributed by atoms with Gasteiger partial charge in [0.2, 0.25) is 0 Å². The molecule has 7 rings (SSSR count). The maximum absolute atomic E-state index is 15.5. The van der Waals surface area contributed by atoms with E-state index in [1.165, 1.54) is 37.1 Å². The SMILES string of the molecule is COC(=O)c1ccc(NCCNC2CCN(c3ccc(C(=O)Nc4cccc(Sc5cnc(N6CCC7(COC([C@H](C)[SiH3])[C@H]7NC(=O)OC(C)(C)C)SC6)cn5)c4)cc3F)CC2)cc1F. The molecule has 4 aromatic rings. The Morgan fingerprint density at radius 3 is 2.45 bits per heavy atom. The van der Waals surface area contributed by atoms with Crippen LogP contribution in [0.5, 0.6) is 0 Å². The number of thioether (sulfide) groups is 1. The monoisotopic (exact) mass is 948 g/mol. The van der Waals surface area contributed by atoms with E-state index >= 15 is 4.39 Å². The number of esters is 1. The third-order valence-corrected chi connectivity index (χ3v) is 14.8. The van der Waals surface area contributed by atoms with Gasteiger partial charge in [-0.15, -0.1) is 11.8 Å². The molecule has 3 aliphatic rings. The van der Waals surface area contributed by atoms with Gasteiger partial charge in [0.25, 0.3) is 5.91 Å². The molecule has 4 atom stereocenters. The summed E-state index contributed by atoms with van der Waals surface area (Å²) in [5, 5.41) is 13.4. The van der Waals surface area contributed by atoms with Crippen LogP contribution in [0, 0.1) is 11.6 Å². The molecular weight excluding hydrogens is 891 g/mol. The van der Waals surface area contributed by atoms with Crippen molar-refractivity contribution >= 4 is 74.6 Å². The summed E-state index contributed by atoms with van der Waals surface area (Å²) >= 11 is 3.21. The molecule has 65 heavy (non-hydrogen) atoms. The van der Waals surface area contributed by atoms with Crippen molar-refractivity contribution < 1.29 is 37.4 Å². The Hall–Kier alpha value is -4.95. The highest BCUT2D eigenvalue weighted by molar-refractivity contribution is 8.00. The number of ether oxygens (including phenoxy) is 3. The van der Waals surface area contributed by atoms with Crippen LogP contribution in [-0.2, 0) is 14.2 Å². The second kappa shape index (κ2) is 21.1. The van der Waals surface area contributed by atoms with E-state index < -0.39 is 35.2 Å². The Morgan fingerprint density at radius 1 is 0.985 bits per heavy atom. The van der Waals surface area contributed by atoms with Gasteiger partial charge >= 0.3 is 12.1 Å². The van der Waals surface area contributed by atoms with Crippen LogP contribution in [0.2, 0.25) is 5.54 Å². The van der Waals surface area contributed by atoms with Gasteiger partial charge in [0.1, 0.15) is 28.1 Å². The Balaban J connectivity index is 0.857. The van der Waals surface area contributed by atoms with E-state index in [-0.39, 0.29) is 34.1 Å². The van der Waals surface area contributed by atoms with Crippen LogP contribution in [0.4, 0.5) is 36.5 Å². The Bertz CT molecular complexity index is 2310. The molecule has 3 fully saturated rings. The van der Waals surface area contributed by atoms with Crippen molar-refractivity contribution in [1.29, 1.82) is 0 Å². The average Bonchev–Trinajstić information content (AvgIpc) is 3.61. The molecule has 4 N–H and O–H groups in total. The molecule has 0 aliphatic carbocycles. The minimum Gasteiger partial charge on any atom is -0.465 e. The fourth-order valence-corrected chi connectivity index (χ4v) is 11.1. The summed E-state index contributed by atoms with van der Waals surface area (Å²) in [7, 11) is 2.16. The van der Waals surface area contributed by atoms with Crippen LogP contribution in [0.15, 0.2) is 83.0 Å². The van der Waals surface area contributed by atoms with E-state index in [1.54, 1.807) is 48.4 Å². The van der Waals surface area contributed by atoms with Crippen LogP contribution in [0.25, 0.3) is 0 Å². The van der Waals surface area contributed by atoms with Crippen molar-refractivity contribution in [2.24, 2.45) is 0 Å². The van der Waals surface area contributed by atoms with Crippen LogP contribution in [-0.4, -0.2) is 119 Å². The molecule has 0 saturated carbocycles. The first-order chi connectivity index (χ1) is 31.1. The van der Waals surface area contributed by atoms with E-state index in [0.29, 0.717) is 66.3 Å². The van der Waals surface area contributed by atoms with E-state index in [0.717, 1.165) is 46.8 Å². The molecule has 0 radical (unpaired) electrons. The third-order valence-electron chi connectivity index (χ3n) is 11.6. The molecule has 2 unspecified atom stereocenters. The summed E-state index contributed by atoms with van der Waals surface area (Å²) in [5.41, 5.74) is 1.47. The highest BCUT2D eigenvalue weighted by Crippen LogP contribution is 2.46. The highest BCUT2D eigenvalue weighted by atomic mass is 32.2. The number of benzene rings is 3. The van der Waals surface area contributed by atoms with Gasteiger partial charge in [-0.2, -0.15) is 0 Å². The Labute approximate surface area is 390 Å². The number of anilines is 4. The van der Waals surface area contributed by atoms with Crippen molar-refractivity contribution in [3.63, 3.8) is 0 Å². The summed E-state index contributed by atoms with van der Waals surface area (Å²) in [6, 6.07) is 16.4. The number of carbonyl (C=O) groups is 3. The fourth-order valence-electron chi connectivity index (χ4n) is 8.25. The lowest BCUT2D eigenvalue weighted by molar-refractivity contribution is 0.0442. The topological polar surface area (TPSA) is 159 Å². The number of nitrogens with zero attached hydrogens (tertiary/aromatic N) is 4. The molecule has 14 nitrogen and oxygen atoms in total. The lowest BCUT2D eigenvalue weighted by Gasteiger charge is -2.42. The van der Waals surface area contributed by atoms with Crippen molar-refractivity contribution in [2.45, 2.75) is 91.0 Å². The second-order valence-electron chi connectivity index (χ2n) is 17.8. The minimum absolute atomic E-state index is 0.0533. The molecule has 3 aliphatic heterocycles. The summed E-state index contributed by atoms with van der Waals surface area (Å²) in [6.07, 6.45) is 5.47. The van der Waals surface area contributed by atoms with Crippen molar-refractivity contribution in [2.75, 3.05) is 72.8 Å². The molecule has 4 heterocycles. The fraction of sp³-hybridized carbons (Fsp3) is 0.457. The molecule has 2 amide bonds. The zero-order valence-corrected chi connectivity index (χ0v) is 41.3. The van der Waals surface area contributed by atoms with Gasteiger partial charge < -0.3 is 45.3 Å². The molecule has 348 valence electrons. The molecule has 3 aromatic carbocycles. The molecule has 0 bridgehead atoms. The summed E-state index contributed by atoms with van der Waals surface area (Å²) in [6.45, 7) is 11.6. The van der Waals surface area contributed by atoms with Gasteiger partial charge in [-0.25, -0.2) is 28.3 Å². The van der Waals surface area contributed by atoms with Gasteiger partial charge in [0.15, 0.2) is 0 Å². The van der Waals surface area contributed by atoms with Crippen molar-refractivity contribution in [3.8, 4) is 0 Å². The molecule has 1 spiro atoms. The first kappa shape index (κ1) is 48.0. The number of hydrogen-bond donors (Lipinski definition) is 4. The summed E-state index contributed by atoms with van der Waals surface area (Å²) in [4.78, 5) is 52.2. The standard InChI is InChI=1S/C46H58F2N8O6S2Si/c1-28(65)40-41(54-44(59)62-45(2,3)4)46(26-61-40)15-20-56(27-63-46)38-24-52-39(25-51-38)64-33-8-6-7-32(22-33)53-42(57)29-9-12-37(36(48)21-29)55-18-13-30(14-19-55)49-16-17-50-31-10-11-34(35(47)23-31)43(58)60-5/h6-12,21-25,28,30,40-41,49-50H,13-20,26-27H2,1-5,65H3,(H,53,57)(H,54,59)/t28-,40?,41+,46?/m0/s1. The number of methoxy groups -OCH3 is 1. The number of alkyl carbamates (subject to hydrolysis) is 1. The number of amides is 2. The lowest BCUT2D eigenvalue weighted by atomic mass is 9.92. The number of rotatable bonds is 14. The smallest absolute Gasteiger partial charge is 0.408 e. The minimum atomic E-state index is -0.719. The summed E-state index contributed by atoms with van der Waals surface area (Å²) < 4.78 is 46.0. The number of halogens is 2. The largest absolute Gasteiger partial charge is 0.465 e. The predicted octanol–water partition coefficient (Wildman–Crippen LogP) is 6.72. The highest BCUT2D eigenvalue weighted by Gasteiger charge is 2.53. The maximum Gasteiger partial charge on any atom is 0.408 e. The third kappa shape index (κ3) is 12.3. The first-order valence-corrected chi connectivity index (χ1v) is 24.9. The normalized spacial score (nSPS) is 20.7. The van der Waals surface area contributed by atoms with Crippen molar-refractivity contribution in [1.82, 2.24) is 20.6 Å². The van der Waals surface area contributed by atoms with Crippen LogP contribution in [0.1, 0.15) is 67.7 Å². The number of carbonyl (C=O) groups excluding carboxylic acids is 3. The number of aromatic nitrogens is 2. The van der Waals surface area contributed by atoms with Crippen molar-refractivity contribution in [3.05, 3.63) is 95.8 Å². The molecule has 3 saturated heterocycles. The maximum atomic E-state index is 15.5. The van der Waals surface area contributed by atoms with Gasteiger partial charge in [0.05, 0.1) is 60.1 Å². The lowest BCUT2D eigenvalue weighted by Crippen LogP contribution is -2.57. The van der Waals surface area contributed by atoms with Crippen LogP contribution < -0.4 is 31.1 Å². The van der Waals surface area contributed by atoms with Gasteiger partial charge in [0, 0.05) is 70.8 Å². The number of piperidine rings is 1. The number of hydrogen-bond acceptors (Lipinski definition) is 14. The Kier molecular flexibility index (Phi) is 15.6. The second-order valence-corrected chi connectivity index (χ2v) is 22.1. The molecule has 1 aromatic heterocycles. The van der Waals surface area contributed by atoms with Gasteiger partial charge in [-0.05, 0) is 100 Å². The van der Waals surface area contributed by atoms with Gasteiger partial charge in [-0.1, -0.05) is 24.8 Å². The quantitative estimate of drug-likeness (QED) is 0.0600. The van der Waals surface area contributed by atoms with E-state index in [1.807, 2.05) is 43.9 Å². The van der Waals surface area contributed by atoms with Crippen LogP contribution in [0.3, 0.4) is 0 Å². The zero-order valence-electron chi connectivity index (χ0n) is 37.6. The average molecular weight is 949 g/mol. The van der Waals surface area contributed by atoms with E-state index in [9.17, 15) is 18.8 Å². The Morgan fingerprint density at radius 2 is 1.78 bits per heavy atom. The predicted molar refractivity (Wildman–Crippen MR) is 256 cm³/mol. The molecular formula is C46H58F2N8O6S2Si. The van der Waals surface area contributed by atoms with Gasteiger partial charge in [-0.3, -0.25) is 4.79 Å². The van der Waals surface area contributed by atoms with E-state index in [4.69, 9.17) is 19.4 Å². The summed E-state index contributed by atoms with van der Waals surface area (Å²) in [5.74, 6) is -0.794. The van der Waals surface area contributed by atoms with E-state index in [2.05, 4.69) is 37.8 Å². The number of nitrogens with one attached hydrogen (secondary N) is 4. The molecule has 19 heteroatoms. The zero-order chi connectivity index (χ0) is 46.3. The first-order valence-electron chi connectivity index (χ1n) is 21.9.